The maximum Gasteiger partial charge on any atom is 0.129 e. The third-order valence-electron chi connectivity index (χ3n) is 7.40. The molecule has 1 N–H and O–H groups in total. The minimum Gasteiger partial charge on any atom is -0.494 e. The Kier molecular flexibility index (Phi) is 7.99. The van der Waals surface area contributed by atoms with Crippen LogP contribution in [0.15, 0.2) is 97.1 Å². The van der Waals surface area contributed by atoms with Crippen molar-refractivity contribution in [3.63, 3.8) is 0 Å². The highest BCUT2D eigenvalue weighted by Crippen LogP contribution is 2.69. The zero-order valence-corrected chi connectivity index (χ0v) is 23.1. The molecular formula is C33H32Cl2O3. The molecule has 4 aromatic rings. The van der Waals surface area contributed by atoms with Gasteiger partial charge in [-0.2, -0.15) is 0 Å². The molecule has 0 bridgehead atoms. The van der Waals surface area contributed by atoms with E-state index in [0.29, 0.717) is 13.2 Å². The summed E-state index contributed by atoms with van der Waals surface area (Å²) < 4.78 is 10.2. The summed E-state index contributed by atoms with van der Waals surface area (Å²) in [5.74, 6) is 2.06. The molecule has 1 fully saturated rings. The van der Waals surface area contributed by atoms with Crippen LogP contribution >= 0.6 is 23.2 Å². The van der Waals surface area contributed by atoms with Gasteiger partial charge < -0.3 is 14.6 Å². The highest BCUT2D eigenvalue weighted by atomic mass is 35.5. The fourth-order valence-corrected chi connectivity index (χ4v) is 6.32. The van der Waals surface area contributed by atoms with Crippen LogP contribution in [-0.4, -0.2) is 29.3 Å². The molecule has 3 nitrogen and oxygen atoms in total. The number of hydrogen-bond acceptors (Lipinski definition) is 3. The first-order chi connectivity index (χ1) is 18.4. The number of aliphatic hydroxyl groups excluding tert-OH is 1. The average Bonchev–Trinajstić information content (AvgIpc) is 3.54. The molecule has 0 spiro atoms. The van der Waals surface area contributed by atoms with Crippen molar-refractivity contribution in [3.05, 3.63) is 108 Å². The average molecular weight is 548 g/mol. The van der Waals surface area contributed by atoms with Crippen LogP contribution in [0.25, 0.3) is 22.3 Å². The molecule has 196 valence electrons. The minimum absolute atomic E-state index is 0.00418. The first-order valence-corrected chi connectivity index (χ1v) is 13.8. The summed E-state index contributed by atoms with van der Waals surface area (Å²) >= 11 is 13.7. The second-order valence-electron chi connectivity index (χ2n) is 9.76. The summed E-state index contributed by atoms with van der Waals surface area (Å²) in [5, 5.41) is 8.92. The van der Waals surface area contributed by atoms with Gasteiger partial charge in [0.1, 0.15) is 22.4 Å². The number of ether oxygens (including phenoxy) is 2. The number of alkyl halides is 2. The normalized spacial score (nSPS) is 18.6. The zero-order chi connectivity index (χ0) is 26.7. The lowest BCUT2D eigenvalue weighted by Gasteiger charge is -2.13. The molecule has 0 saturated heterocycles. The van der Waals surface area contributed by atoms with Crippen molar-refractivity contribution in [3.8, 4) is 33.8 Å². The van der Waals surface area contributed by atoms with Crippen molar-refractivity contribution in [1.29, 1.82) is 0 Å². The van der Waals surface area contributed by atoms with Gasteiger partial charge in [0.05, 0.1) is 13.2 Å². The summed E-state index contributed by atoms with van der Waals surface area (Å²) in [6.07, 6.45) is 0. The Morgan fingerprint density at radius 1 is 0.711 bits per heavy atom. The van der Waals surface area contributed by atoms with Crippen LogP contribution in [0.3, 0.4) is 0 Å². The fourth-order valence-electron chi connectivity index (χ4n) is 5.29. The van der Waals surface area contributed by atoms with Gasteiger partial charge in [-0.3, -0.25) is 0 Å². The lowest BCUT2D eigenvalue weighted by atomic mass is 9.91. The van der Waals surface area contributed by atoms with E-state index in [1.807, 2.05) is 43.3 Å². The molecule has 0 amide bonds. The van der Waals surface area contributed by atoms with Crippen molar-refractivity contribution < 1.29 is 14.6 Å². The molecule has 0 radical (unpaired) electrons. The van der Waals surface area contributed by atoms with Crippen molar-refractivity contribution in [2.24, 2.45) is 5.92 Å². The molecule has 5 heteroatoms. The van der Waals surface area contributed by atoms with Gasteiger partial charge in [-0.05, 0) is 70.5 Å². The van der Waals surface area contributed by atoms with Crippen LogP contribution in [0.5, 0.6) is 11.5 Å². The van der Waals surface area contributed by atoms with E-state index >= 15 is 0 Å². The Hall–Kier alpha value is -2.98. The number of halogens is 2. The summed E-state index contributed by atoms with van der Waals surface area (Å²) in [6.45, 7) is 5.16. The van der Waals surface area contributed by atoms with Crippen LogP contribution in [0.1, 0.15) is 36.8 Å². The maximum atomic E-state index is 8.92. The van der Waals surface area contributed by atoms with Gasteiger partial charge in [-0.15, -0.1) is 23.2 Å². The molecule has 3 atom stereocenters. The van der Waals surface area contributed by atoms with E-state index in [4.69, 9.17) is 37.8 Å². The minimum atomic E-state index is -0.789. The zero-order valence-electron chi connectivity index (χ0n) is 21.6. The van der Waals surface area contributed by atoms with E-state index in [-0.39, 0.29) is 24.4 Å². The van der Waals surface area contributed by atoms with Gasteiger partial charge in [-0.1, -0.05) is 79.7 Å². The van der Waals surface area contributed by atoms with Crippen LogP contribution in [0.4, 0.5) is 0 Å². The van der Waals surface area contributed by atoms with Crippen LogP contribution in [-0.2, 0) is 0 Å². The van der Waals surface area contributed by atoms with E-state index in [1.165, 1.54) is 11.1 Å². The summed E-state index contributed by atoms with van der Waals surface area (Å²) in [6, 6.07) is 33.3. The highest BCUT2D eigenvalue weighted by Gasteiger charge is 2.65. The quantitative estimate of drug-likeness (QED) is 0.202. The predicted octanol–water partition coefficient (Wildman–Crippen LogP) is 8.48. The number of benzene rings is 4. The van der Waals surface area contributed by atoms with Gasteiger partial charge in [-0.25, -0.2) is 0 Å². The van der Waals surface area contributed by atoms with Gasteiger partial charge >= 0.3 is 0 Å². The topological polar surface area (TPSA) is 38.7 Å². The molecule has 4 aromatic carbocycles. The van der Waals surface area contributed by atoms with Crippen LogP contribution in [0, 0.1) is 5.92 Å². The first kappa shape index (κ1) is 26.6. The molecule has 1 saturated carbocycles. The van der Waals surface area contributed by atoms with Crippen LogP contribution < -0.4 is 9.47 Å². The fraction of sp³-hybridized carbons (Fsp3) is 0.273. The molecule has 38 heavy (non-hydrogen) atoms. The first-order valence-electron chi connectivity index (χ1n) is 13.1. The Bertz CT molecular complexity index is 1330. The second-order valence-corrected chi connectivity index (χ2v) is 11.2. The standard InChI is InChI=1S/C33H32Cl2O3/c1-3-37-29-16-12-26(13-17-29)25-8-10-28(11-9-25)32-31(33(32,34)35)22(2)23-4-6-24(7-5-23)27-14-18-30(19-15-27)38-21-20-36/h4-19,22,31-32,36H,3,20-21H2,1-2H3. The van der Waals surface area contributed by atoms with E-state index < -0.39 is 4.33 Å². The SMILES string of the molecule is CCOc1ccc(-c2ccc(C3C(C(C)c4ccc(-c5ccc(OCCO)cc5)cc4)C3(Cl)Cl)cc2)cc1. The smallest absolute Gasteiger partial charge is 0.129 e. The largest absolute Gasteiger partial charge is 0.494 e. The molecule has 0 heterocycles. The molecular weight excluding hydrogens is 515 g/mol. The number of rotatable bonds is 10. The Balaban J connectivity index is 1.26. The van der Waals surface area contributed by atoms with Crippen molar-refractivity contribution in [1.82, 2.24) is 0 Å². The Morgan fingerprint density at radius 3 is 1.63 bits per heavy atom. The molecule has 0 aliphatic heterocycles. The lowest BCUT2D eigenvalue weighted by molar-refractivity contribution is 0.201. The molecule has 5 rings (SSSR count). The number of hydrogen-bond donors (Lipinski definition) is 1. The number of aliphatic hydroxyl groups is 1. The van der Waals surface area contributed by atoms with Gasteiger partial charge in [0.2, 0.25) is 0 Å². The molecule has 3 unspecified atom stereocenters. The highest BCUT2D eigenvalue weighted by molar-refractivity contribution is 6.52. The summed E-state index contributed by atoms with van der Waals surface area (Å²) in [4.78, 5) is 0. The summed E-state index contributed by atoms with van der Waals surface area (Å²) in [5.41, 5.74) is 6.94. The maximum absolute atomic E-state index is 8.92. The predicted molar refractivity (Wildman–Crippen MR) is 157 cm³/mol. The van der Waals surface area contributed by atoms with E-state index in [1.54, 1.807) is 0 Å². The molecule has 1 aliphatic rings. The lowest BCUT2D eigenvalue weighted by Crippen LogP contribution is -2.02. The van der Waals surface area contributed by atoms with Crippen molar-refractivity contribution in [2.75, 3.05) is 19.8 Å². The monoisotopic (exact) mass is 546 g/mol. The molecule has 1 aliphatic carbocycles. The third kappa shape index (κ3) is 5.56. The van der Waals surface area contributed by atoms with Gasteiger partial charge in [0.25, 0.3) is 0 Å². The van der Waals surface area contributed by atoms with Crippen molar-refractivity contribution >= 4 is 23.2 Å². The van der Waals surface area contributed by atoms with Crippen molar-refractivity contribution in [2.45, 2.75) is 30.0 Å². The van der Waals surface area contributed by atoms with E-state index in [2.05, 4.69) is 67.6 Å². The van der Waals surface area contributed by atoms with E-state index in [9.17, 15) is 0 Å². The van der Waals surface area contributed by atoms with Crippen LogP contribution in [0.2, 0.25) is 0 Å². The third-order valence-corrected chi connectivity index (χ3v) is 8.37. The Labute approximate surface area is 235 Å². The Morgan fingerprint density at radius 2 is 1.16 bits per heavy atom. The summed E-state index contributed by atoms with van der Waals surface area (Å²) in [7, 11) is 0. The van der Waals surface area contributed by atoms with E-state index in [0.717, 1.165) is 33.8 Å². The second kappa shape index (κ2) is 11.4. The molecule has 0 aromatic heterocycles. The van der Waals surface area contributed by atoms with Gasteiger partial charge in [0, 0.05) is 11.8 Å². The van der Waals surface area contributed by atoms with Gasteiger partial charge in [0.15, 0.2) is 0 Å².